The number of nitrogens with zero attached hydrogens (tertiary/aromatic N) is 1. The van der Waals surface area contributed by atoms with Crippen LogP contribution >= 0.6 is 11.3 Å². The van der Waals surface area contributed by atoms with Crippen LogP contribution < -0.4 is 14.8 Å². The molecule has 34 heavy (non-hydrogen) atoms. The molecule has 0 atom stereocenters. The number of carbonyl (C=O) groups is 2. The molecule has 4 rings (SSSR count). The molecule has 3 aromatic carbocycles. The van der Waals surface area contributed by atoms with Crippen LogP contribution in [-0.2, 0) is 9.53 Å². The summed E-state index contributed by atoms with van der Waals surface area (Å²) < 4.78 is 15.4. The van der Waals surface area contributed by atoms with Crippen molar-refractivity contribution in [1.29, 1.82) is 0 Å². The summed E-state index contributed by atoms with van der Waals surface area (Å²) in [7, 11) is 2.97. The van der Waals surface area contributed by atoms with Gasteiger partial charge in [-0.05, 0) is 23.3 Å². The highest BCUT2D eigenvalue weighted by atomic mass is 32.1. The molecule has 0 fully saturated rings. The van der Waals surface area contributed by atoms with Gasteiger partial charge in [-0.3, -0.25) is 10.1 Å². The van der Waals surface area contributed by atoms with E-state index in [9.17, 15) is 9.59 Å². The summed E-state index contributed by atoms with van der Waals surface area (Å²) >= 11 is 1.30. The summed E-state index contributed by atoms with van der Waals surface area (Å²) in [6.07, 6.45) is 0. The number of anilines is 1. The van der Waals surface area contributed by atoms with E-state index in [1.165, 1.54) is 37.7 Å². The monoisotopic (exact) mass is 474 g/mol. The summed E-state index contributed by atoms with van der Waals surface area (Å²) in [6.45, 7) is -0.445. The van der Waals surface area contributed by atoms with Crippen LogP contribution in [0.2, 0.25) is 0 Å². The van der Waals surface area contributed by atoms with Gasteiger partial charge in [0.2, 0.25) is 0 Å². The minimum atomic E-state index is -0.661. The molecule has 8 heteroatoms. The average molecular weight is 475 g/mol. The standard InChI is InChI=1S/C26H22N2O5S/c1-31-21-12-20(13-22(14-21)32-2)25(30)33-15-24(29)28-26-27-23(16-34-26)19-10-8-18(9-11-19)17-6-4-3-5-7-17/h3-14,16H,15H2,1-2H3,(H,27,28,29). The molecule has 1 amide bonds. The van der Waals surface area contributed by atoms with Crippen LogP contribution in [0.4, 0.5) is 5.13 Å². The minimum absolute atomic E-state index is 0.222. The van der Waals surface area contributed by atoms with Crippen molar-refractivity contribution in [2.75, 3.05) is 26.1 Å². The Morgan fingerprint density at radius 3 is 2.12 bits per heavy atom. The second kappa shape index (κ2) is 10.6. The SMILES string of the molecule is COc1cc(OC)cc(C(=O)OCC(=O)Nc2nc(-c3ccc(-c4ccccc4)cc3)cs2)c1. The van der Waals surface area contributed by atoms with Gasteiger partial charge in [0.15, 0.2) is 11.7 Å². The Kier molecular flexibility index (Phi) is 7.19. The number of thiazole rings is 1. The number of ether oxygens (including phenoxy) is 3. The number of hydrogen-bond donors (Lipinski definition) is 1. The lowest BCUT2D eigenvalue weighted by atomic mass is 10.0. The molecule has 1 aromatic heterocycles. The zero-order valence-corrected chi connectivity index (χ0v) is 19.4. The quantitative estimate of drug-likeness (QED) is 0.349. The van der Waals surface area contributed by atoms with E-state index >= 15 is 0 Å². The van der Waals surface area contributed by atoms with Crippen LogP contribution in [0.3, 0.4) is 0 Å². The summed E-state index contributed by atoms with van der Waals surface area (Å²) in [5, 5.41) is 4.95. The van der Waals surface area contributed by atoms with Crippen LogP contribution in [0.25, 0.3) is 22.4 Å². The molecule has 0 saturated carbocycles. The largest absolute Gasteiger partial charge is 0.497 e. The van der Waals surface area contributed by atoms with Gasteiger partial charge in [0.1, 0.15) is 11.5 Å². The number of hydrogen-bond acceptors (Lipinski definition) is 7. The topological polar surface area (TPSA) is 86.8 Å². The lowest BCUT2D eigenvalue weighted by molar-refractivity contribution is -0.119. The number of amides is 1. The van der Waals surface area contributed by atoms with Gasteiger partial charge in [0.05, 0.1) is 25.5 Å². The lowest BCUT2D eigenvalue weighted by Crippen LogP contribution is -2.20. The Labute approximate surface area is 201 Å². The van der Waals surface area contributed by atoms with Gasteiger partial charge in [-0.1, -0.05) is 54.6 Å². The molecule has 0 aliphatic carbocycles. The van der Waals surface area contributed by atoms with Crippen molar-refractivity contribution in [3.63, 3.8) is 0 Å². The Bertz CT molecular complexity index is 1260. The van der Waals surface area contributed by atoms with Crippen LogP contribution in [0.5, 0.6) is 11.5 Å². The predicted molar refractivity (Wildman–Crippen MR) is 131 cm³/mol. The second-order valence-electron chi connectivity index (χ2n) is 7.21. The first-order chi connectivity index (χ1) is 16.6. The van der Waals surface area contributed by atoms with Crippen molar-refractivity contribution < 1.29 is 23.8 Å². The summed E-state index contributed by atoms with van der Waals surface area (Å²) in [5.41, 5.74) is 4.17. The van der Waals surface area contributed by atoms with Crippen LogP contribution in [0, 0.1) is 0 Å². The number of carbonyl (C=O) groups excluding carboxylic acids is 2. The van der Waals surface area contributed by atoms with E-state index in [0.29, 0.717) is 16.6 Å². The van der Waals surface area contributed by atoms with Crippen molar-refractivity contribution >= 4 is 28.3 Å². The van der Waals surface area contributed by atoms with Gasteiger partial charge in [-0.15, -0.1) is 11.3 Å². The molecule has 7 nitrogen and oxygen atoms in total. The highest BCUT2D eigenvalue weighted by Gasteiger charge is 2.14. The van der Waals surface area contributed by atoms with Crippen LogP contribution in [-0.4, -0.2) is 37.7 Å². The molecule has 1 N–H and O–H groups in total. The summed E-state index contributed by atoms with van der Waals surface area (Å²) in [5.74, 6) is -0.250. The van der Waals surface area contributed by atoms with E-state index in [2.05, 4.69) is 22.4 Å². The molecule has 0 aliphatic rings. The highest BCUT2D eigenvalue weighted by molar-refractivity contribution is 7.14. The van der Waals surface area contributed by atoms with Crippen molar-refractivity contribution in [3.8, 4) is 33.9 Å². The van der Waals surface area contributed by atoms with Crippen molar-refractivity contribution in [3.05, 3.63) is 83.7 Å². The van der Waals surface area contributed by atoms with Gasteiger partial charge in [0.25, 0.3) is 5.91 Å². The van der Waals surface area contributed by atoms with Gasteiger partial charge < -0.3 is 14.2 Å². The van der Waals surface area contributed by atoms with Crippen molar-refractivity contribution in [2.24, 2.45) is 0 Å². The molecule has 0 radical (unpaired) electrons. The molecular formula is C26H22N2O5S. The molecule has 4 aromatic rings. The molecular weight excluding hydrogens is 452 g/mol. The van der Waals surface area contributed by atoms with Crippen molar-refractivity contribution in [2.45, 2.75) is 0 Å². The number of benzene rings is 3. The Morgan fingerprint density at radius 2 is 1.47 bits per heavy atom. The number of esters is 1. The van der Waals surface area contributed by atoms with Gasteiger partial charge in [-0.2, -0.15) is 0 Å². The maximum absolute atomic E-state index is 12.3. The van der Waals surface area contributed by atoms with E-state index in [1.54, 1.807) is 6.07 Å². The van der Waals surface area contributed by atoms with E-state index in [1.807, 2.05) is 47.8 Å². The fourth-order valence-electron chi connectivity index (χ4n) is 3.22. The first-order valence-corrected chi connectivity index (χ1v) is 11.2. The minimum Gasteiger partial charge on any atom is -0.497 e. The predicted octanol–water partition coefficient (Wildman–Crippen LogP) is 5.29. The zero-order chi connectivity index (χ0) is 23.9. The van der Waals surface area contributed by atoms with E-state index in [4.69, 9.17) is 14.2 Å². The van der Waals surface area contributed by atoms with Gasteiger partial charge in [0, 0.05) is 17.0 Å². The third-order valence-electron chi connectivity index (χ3n) is 4.96. The first kappa shape index (κ1) is 23.0. The van der Waals surface area contributed by atoms with E-state index < -0.39 is 18.5 Å². The van der Waals surface area contributed by atoms with E-state index in [-0.39, 0.29) is 5.56 Å². The first-order valence-electron chi connectivity index (χ1n) is 10.4. The second-order valence-corrected chi connectivity index (χ2v) is 8.07. The third-order valence-corrected chi connectivity index (χ3v) is 5.72. The number of aromatic nitrogens is 1. The van der Waals surface area contributed by atoms with Crippen LogP contribution in [0.1, 0.15) is 10.4 Å². The number of methoxy groups -OCH3 is 2. The van der Waals surface area contributed by atoms with Gasteiger partial charge in [-0.25, -0.2) is 9.78 Å². The maximum Gasteiger partial charge on any atom is 0.338 e. The summed E-state index contributed by atoms with van der Waals surface area (Å²) in [6, 6.07) is 22.8. The molecule has 0 saturated heterocycles. The smallest absolute Gasteiger partial charge is 0.338 e. The molecule has 0 unspecified atom stereocenters. The fourth-order valence-corrected chi connectivity index (χ4v) is 3.96. The molecule has 0 aliphatic heterocycles. The molecule has 0 spiro atoms. The van der Waals surface area contributed by atoms with Crippen molar-refractivity contribution in [1.82, 2.24) is 4.98 Å². The average Bonchev–Trinajstić information content (AvgIpc) is 3.35. The summed E-state index contributed by atoms with van der Waals surface area (Å²) in [4.78, 5) is 29.1. The molecule has 0 bridgehead atoms. The fraction of sp³-hybridized carbons (Fsp3) is 0.115. The normalized spacial score (nSPS) is 10.4. The lowest BCUT2D eigenvalue weighted by Gasteiger charge is -2.08. The Morgan fingerprint density at radius 1 is 0.853 bits per heavy atom. The Balaban J connectivity index is 1.34. The third kappa shape index (κ3) is 5.60. The Hall–Kier alpha value is -4.17. The van der Waals surface area contributed by atoms with Crippen LogP contribution in [0.15, 0.2) is 78.2 Å². The zero-order valence-electron chi connectivity index (χ0n) is 18.6. The molecule has 1 heterocycles. The molecule has 172 valence electrons. The maximum atomic E-state index is 12.3. The number of nitrogens with one attached hydrogen (secondary N) is 1. The number of rotatable bonds is 8. The highest BCUT2D eigenvalue weighted by Crippen LogP contribution is 2.28. The van der Waals surface area contributed by atoms with E-state index in [0.717, 1.165) is 22.4 Å². The van der Waals surface area contributed by atoms with Gasteiger partial charge >= 0.3 is 5.97 Å².